The minimum atomic E-state index is -0.582. The number of nitro groups is 1. The maximum atomic E-state index is 12.0. The van der Waals surface area contributed by atoms with E-state index in [4.69, 9.17) is 5.73 Å². The number of carbonyl (C=O) groups excluding carboxylic acids is 2. The first-order chi connectivity index (χ1) is 11.4. The van der Waals surface area contributed by atoms with Gasteiger partial charge in [-0.2, -0.15) is 5.10 Å². The number of non-ortho nitro benzene ring substituents is 1. The minimum absolute atomic E-state index is 0.0598. The highest BCUT2D eigenvalue weighted by Crippen LogP contribution is 2.13. The van der Waals surface area contributed by atoms with Crippen LogP contribution in [0.2, 0.25) is 0 Å². The Balaban J connectivity index is 2.11. The zero-order chi connectivity index (χ0) is 17.7. The Labute approximate surface area is 137 Å². The Morgan fingerprint density at radius 3 is 2.29 bits per heavy atom. The lowest BCUT2D eigenvalue weighted by Crippen LogP contribution is -2.19. The zero-order valence-corrected chi connectivity index (χ0v) is 12.7. The standard InChI is InChI=1S/C16H14N4O4/c1-10(13-3-2-4-14(9-13)20(23)24)18-19-16(22)12-7-5-11(6-8-12)15(17)21/h2-9H,1H3,(H2,17,21)(H,19,22). The number of benzene rings is 2. The molecule has 0 spiro atoms. The third-order valence-corrected chi connectivity index (χ3v) is 3.23. The van der Waals surface area contributed by atoms with E-state index < -0.39 is 16.7 Å². The first kappa shape index (κ1) is 16.8. The summed E-state index contributed by atoms with van der Waals surface area (Å²) in [5.41, 5.74) is 8.96. The largest absolute Gasteiger partial charge is 0.366 e. The quantitative estimate of drug-likeness (QED) is 0.493. The lowest BCUT2D eigenvalue weighted by atomic mass is 10.1. The van der Waals surface area contributed by atoms with Crippen molar-refractivity contribution in [2.75, 3.05) is 0 Å². The van der Waals surface area contributed by atoms with Gasteiger partial charge in [-0.3, -0.25) is 19.7 Å². The van der Waals surface area contributed by atoms with Crippen LogP contribution in [0.25, 0.3) is 0 Å². The average molecular weight is 326 g/mol. The monoisotopic (exact) mass is 326 g/mol. The van der Waals surface area contributed by atoms with E-state index in [0.29, 0.717) is 22.4 Å². The number of rotatable bonds is 5. The molecule has 2 aromatic rings. The molecular formula is C16H14N4O4. The van der Waals surface area contributed by atoms with Crippen LogP contribution in [0.3, 0.4) is 0 Å². The molecule has 0 aliphatic heterocycles. The van der Waals surface area contributed by atoms with Gasteiger partial charge in [0.15, 0.2) is 0 Å². The highest BCUT2D eigenvalue weighted by Gasteiger charge is 2.09. The number of nitro benzene ring substituents is 1. The predicted molar refractivity (Wildman–Crippen MR) is 87.7 cm³/mol. The SMILES string of the molecule is CC(=NNC(=O)c1ccc(C(N)=O)cc1)c1cccc([N+](=O)[O-])c1. The van der Waals surface area contributed by atoms with Crippen molar-refractivity contribution >= 4 is 23.2 Å². The number of hydrogen-bond acceptors (Lipinski definition) is 5. The fraction of sp³-hybridized carbons (Fsp3) is 0.0625. The van der Waals surface area contributed by atoms with E-state index in [9.17, 15) is 19.7 Å². The summed E-state index contributed by atoms with van der Waals surface area (Å²) in [6, 6.07) is 11.7. The minimum Gasteiger partial charge on any atom is -0.366 e. The average Bonchev–Trinajstić information content (AvgIpc) is 2.59. The number of hydrazone groups is 1. The van der Waals surface area contributed by atoms with Crippen molar-refractivity contribution in [3.05, 3.63) is 75.3 Å². The fourth-order valence-corrected chi connectivity index (χ4v) is 1.89. The molecule has 3 N–H and O–H groups in total. The van der Waals surface area contributed by atoms with Crippen LogP contribution in [0.1, 0.15) is 33.2 Å². The first-order valence-electron chi connectivity index (χ1n) is 6.88. The molecule has 0 bridgehead atoms. The molecule has 2 rings (SSSR count). The summed E-state index contributed by atoms with van der Waals surface area (Å²) in [5.74, 6) is -1.06. The highest BCUT2D eigenvalue weighted by molar-refractivity contribution is 6.01. The summed E-state index contributed by atoms with van der Waals surface area (Å²) < 4.78 is 0. The maximum absolute atomic E-state index is 12.0. The Morgan fingerprint density at radius 1 is 1.08 bits per heavy atom. The molecule has 0 fully saturated rings. The molecule has 0 saturated carbocycles. The first-order valence-corrected chi connectivity index (χ1v) is 6.88. The van der Waals surface area contributed by atoms with Gasteiger partial charge in [-0.15, -0.1) is 0 Å². The topological polar surface area (TPSA) is 128 Å². The normalized spacial score (nSPS) is 11.0. The molecule has 8 nitrogen and oxygen atoms in total. The van der Waals surface area contributed by atoms with Crippen LogP contribution in [0, 0.1) is 10.1 Å². The van der Waals surface area contributed by atoms with Crippen LogP contribution in [0.5, 0.6) is 0 Å². The van der Waals surface area contributed by atoms with Crippen LogP contribution in [0.15, 0.2) is 53.6 Å². The number of carbonyl (C=O) groups is 2. The predicted octanol–water partition coefficient (Wildman–Crippen LogP) is 1.85. The van der Waals surface area contributed by atoms with Gasteiger partial charge < -0.3 is 5.73 Å². The Bertz CT molecular complexity index is 828. The molecular weight excluding hydrogens is 312 g/mol. The van der Waals surface area contributed by atoms with Gasteiger partial charge in [-0.1, -0.05) is 12.1 Å². The van der Waals surface area contributed by atoms with Crippen molar-refractivity contribution in [3.8, 4) is 0 Å². The van der Waals surface area contributed by atoms with Gasteiger partial charge in [0.1, 0.15) is 0 Å². The number of amides is 2. The molecule has 24 heavy (non-hydrogen) atoms. The van der Waals surface area contributed by atoms with Gasteiger partial charge >= 0.3 is 0 Å². The highest BCUT2D eigenvalue weighted by atomic mass is 16.6. The third kappa shape index (κ3) is 4.01. The number of nitrogens with one attached hydrogen (secondary N) is 1. The van der Waals surface area contributed by atoms with Crippen molar-refractivity contribution in [1.29, 1.82) is 0 Å². The Morgan fingerprint density at radius 2 is 1.71 bits per heavy atom. The van der Waals surface area contributed by atoms with Crippen molar-refractivity contribution in [2.45, 2.75) is 6.92 Å². The van der Waals surface area contributed by atoms with Gasteiger partial charge in [0.05, 0.1) is 10.6 Å². The molecule has 0 radical (unpaired) electrons. The molecule has 0 aliphatic carbocycles. The van der Waals surface area contributed by atoms with Crippen molar-refractivity contribution in [3.63, 3.8) is 0 Å². The zero-order valence-electron chi connectivity index (χ0n) is 12.7. The van der Waals surface area contributed by atoms with Crippen molar-refractivity contribution in [1.82, 2.24) is 5.43 Å². The van der Waals surface area contributed by atoms with Crippen LogP contribution in [0.4, 0.5) is 5.69 Å². The molecule has 0 unspecified atom stereocenters. The van der Waals surface area contributed by atoms with Gasteiger partial charge in [0, 0.05) is 28.8 Å². The molecule has 0 aliphatic rings. The summed E-state index contributed by atoms with van der Waals surface area (Å²) in [6.45, 7) is 1.62. The third-order valence-electron chi connectivity index (χ3n) is 3.23. The van der Waals surface area contributed by atoms with E-state index in [0.717, 1.165) is 0 Å². The number of primary amides is 1. The molecule has 0 aromatic heterocycles. The molecule has 122 valence electrons. The second-order valence-electron chi connectivity index (χ2n) is 4.89. The number of hydrogen-bond donors (Lipinski definition) is 2. The number of nitrogens with zero attached hydrogens (tertiary/aromatic N) is 2. The number of nitrogens with two attached hydrogens (primary N) is 1. The maximum Gasteiger partial charge on any atom is 0.271 e. The van der Waals surface area contributed by atoms with Crippen LogP contribution in [-0.2, 0) is 0 Å². The van der Waals surface area contributed by atoms with E-state index >= 15 is 0 Å². The van der Waals surface area contributed by atoms with E-state index in [1.807, 2.05) is 0 Å². The fourth-order valence-electron chi connectivity index (χ4n) is 1.89. The van der Waals surface area contributed by atoms with Crippen molar-refractivity contribution in [2.24, 2.45) is 10.8 Å². The summed E-state index contributed by atoms with van der Waals surface area (Å²) >= 11 is 0. The van der Waals surface area contributed by atoms with Gasteiger partial charge in [-0.25, -0.2) is 5.43 Å². The van der Waals surface area contributed by atoms with Crippen molar-refractivity contribution < 1.29 is 14.5 Å². The van der Waals surface area contributed by atoms with E-state index in [1.54, 1.807) is 13.0 Å². The lowest BCUT2D eigenvalue weighted by molar-refractivity contribution is -0.384. The molecule has 2 aromatic carbocycles. The second-order valence-corrected chi connectivity index (χ2v) is 4.89. The van der Waals surface area contributed by atoms with E-state index in [2.05, 4.69) is 10.5 Å². The summed E-state index contributed by atoms with van der Waals surface area (Å²) in [7, 11) is 0. The molecule has 8 heteroatoms. The second kappa shape index (κ2) is 7.14. The van der Waals surface area contributed by atoms with Crippen LogP contribution >= 0.6 is 0 Å². The summed E-state index contributed by atoms with van der Waals surface area (Å²) in [4.78, 5) is 33.2. The molecule has 0 heterocycles. The lowest BCUT2D eigenvalue weighted by Gasteiger charge is -2.04. The van der Waals surface area contributed by atoms with E-state index in [1.165, 1.54) is 42.5 Å². The Hall–Kier alpha value is -3.55. The van der Waals surface area contributed by atoms with Gasteiger partial charge in [0.2, 0.25) is 5.91 Å². The van der Waals surface area contributed by atoms with Crippen LogP contribution in [-0.4, -0.2) is 22.4 Å². The van der Waals surface area contributed by atoms with Gasteiger partial charge in [-0.05, 0) is 31.2 Å². The van der Waals surface area contributed by atoms with Crippen LogP contribution < -0.4 is 11.2 Å². The van der Waals surface area contributed by atoms with Gasteiger partial charge in [0.25, 0.3) is 11.6 Å². The molecule has 0 atom stereocenters. The molecule has 0 saturated heterocycles. The molecule has 2 amide bonds. The van der Waals surface area contributed by atoms with E-state index in [-0.39, 0.29) is 5.69 Å². The summed E-state index contributed by atoms with van der Waals surface area (Å²) in [6.07, 6.45) is 0. The Kier molecular flexibility index (Phi) is 5.00. The summed E-state index contributed by atoms with van der Waals surface area (Å²) in [5, 5.41) is 14.7. The smallest absolute Gasteiger partial charge is 0.271 e.